The molecule has 2 aromatic carbocycles. The molecule has 0 saturated heterocycles. The highest BCUT2D eigenvalue weighted by Gasteiger charge is 2.18. The Hall–Kier alpha value is -2.60. The normalized spacial score (nSPS) is 14.2. The monoisotopic (exact) mass is 407 g/mol. The van der Waals surface area contributed by atoms with Crippen molar-refractivity contribution in [1.29, 1.82) is 0 Å². The fourth-order valence-corrected chi connectivity index (χ4v) is 4.85. The van der Waals surface area contributed by atoms with Gasteiger partial charge in [-0.15, -0.1) is 22.0 Å². The number of rotatable bonds is 8. The number of para-hydroxylation sites is 1. The van der Waals surface area contributed by atoms with Crippen LogP contribution in [-0.2, 0) is 11.2 Å². The van der Waals surface area contributed by atoms with Crippen molar-refractivity contribution in [3.63, 3.8) is 0 Å². The average Bonchev–Trinajstić information content (AvgIpc) is 3.42. The van der Waals surface area contributed by atoms with Gasteiger partial charge in [0.25, 0.3) is 0 Å². The zero-order valence-electron chi connectivity index (χ0n) is 16.3. The molecule has 1 aromatic heterocycles. The third-order valence-electron chi connectivity index (χ3n) is 5.04. The van der Waals surface area contributed by atoms with E-state index in [2.05, 4.69) is 21.6 Å². The maximum Gasteiger partial charge on any atom is 0.247 e. The maximum atomic E-state index is 12.4. The molecule has 5 nitrogen and oxygen atoms in total. The number of aryl methyl sites for hydroxylation is 1. The summed E-state index contributed by atoms with van der Waals surface area (Å²) < 4.78 is 5.71. The van der Waals surface area contributed by atoms with Crippen LogP contribution in [0.2, 0.25) is 0 Å². The van der Waals surface area contributed by atoms with E-state index in [4.69, 9.17) is 4.42 Å². The lowest BCUT2D eigenvalue weighted by molar-refractivity contribution is -0.116. The summed E-state index contributed by atoms with van der Waals surface area (Å²) in [5, 5.41) is 11.9. The zero-order chi connectivity index (χ0) is 19.9. The molecule has 1 aliphatic rings. The van der Waals surface area contributed by atoms with Crippen molar-refractivity contribution >= 4 is 23.4 Å². The number of benzene rings is 2. The number of anilines is 1. The summed E-state index contributed by atoms with van der Waals surface area (Å²) >= 11 is 1.89. The van der Waals surface area contributed by atoms with Gasteiger partial charge in [0.05, 0.1) is 5.69 Å². The van der Waals surface area contributed by atoms with E-state index in [9.17, 15) is 4.79 Å². The second-order valence-corrected chi connectivity index (χ2v) is 8.63. The number of nitrogens with zero attached hydrogens (tertiary/aromatic N) is 2. The van der Waals surface area contributed by atoms with Crippen molar-refractivity contribution in [2.24, 2.45) is 0 Å². The Kier molecular flexibility index (Phi) is 6.62. The molecule has 1 heterocycles. The summed E-state index contributed by atoms with van der Waals surface area (Å²) in [5.74, 6) is 1.10. The van der Waals surface area contributed by atoms with Gasteiger partial charge in [-0.1, -0.05) is 43.2 Å². The molecule has 4 rings (SSSR count). The van der Waals surface area contributed by atoms with Crippen LogP contribution >= 0.6 is 11.8 Å². The van der Waals surface area contributed by atoms with Crippen LogP contribution in [0.1, 0.15) is 44.4 Å². The van der Waals surface area contributed by atoms with E-state index < -0.39 is 0 Å². The van der Waals surface area contributed by atoms with Crippen LogP contribution in [0, 0.1) is 0 Å². The molecule has 150 valence electrons. The molecule has 3 aromatic rings. The Bertz CT molecular complexity index is 936. The fraction of sp³-hybridized carbons (Fsp3) is 0.348. The Balaban J connectivity index is 1.27. The summed E-state index contributed by atoms with van der Waals surface area (Å²) in [6.07, 6.45) is 6.84. The predicted octanol–water partition coefficient (Wildman–Crippen LogP) is 5.73. The summed E-state index contributed by atoms with van der Waals surface area (Å²) in [7, 11) is 0. The number of hydrogen-bond donors (Lipinski definition) is 1. The number of aromatic nitrogens is 2. The van der Waals surface area contributed by atoms with Gasteiger partial charge in [-0.3, -0.25) is 4.79 Å². The van der Waals surface area contributed by atoms with Gasteiger partial charge in [-0.2, -0.15) is 0 Å². The van der Waals surface area contributed by atoms with Crippen molar-refractivity contribution in [2.45, 2.75) is 55.1 Å². The smallest absolute Gasteiger partial charge is 0.247 e. The number of amides is 1. The van der Waals surface area contributed by atoms with Gasteiger partial charge in [0.1, 0.15) is 0 Å². The molecule has 29 heavy (non-hydrogen) atoms. The second kappa shape index (κ2) is 9.74. The topological polar surface area (TPSA) is 68.0 Å². The lowest BCUT2D eigenvalue weighted by atomic mass is 10.2. The van der Waals surface area contributed by atoms with Gasteiger partial charge < -0.3 is 9.73 Å². The number of carbonyl (C=O) groups excluding carboxylic acids is 1. The van der Waals surface area contributed by atoms with E-state index in [-0.39, 0.29) is 5.91 Å². The highest BCUT2D eigenvalue weighted by atomic mass is 32.2. The molecule has 0 radical (unpaired) electrons. The van der Waals surface area contributed by atoms with Crippen molar-refractivity contribution in [3.05, 3.63) is 60.5 Å². The van der Waals surface area contributed by atoms with Crippen LogP contribution in [0.25, 0.3) is 11.5 Å². The first kappa shape index (κ1) is 19.7. The number of nitrogens with one attached hydrogen (secondary N) is 1. The molecule has 1 N–H and O–H groups in total. The molecule has 1 amide bonds. The average molecular weight is 408 g/mol. The van der Waals surface area contributed by atoms with Crippen LogP contribution < -0.4 is 5.32 Å². The molecular formula is C23H25N3O2S. The molecule has 0 bridgehead atoms. The largest absolute Gasteiger partial charge is 0.421 e. The summed E-state index contributed by atoms with van der Waals surface area (Å²) in [5.41, 5.74) is 1.82. The maximum absolute atomic E-state index is 12.4. The van der Waals surface area contributed by atoms with Crippen LogP contribution in [0.4, 0.5) is 5.69 Å². The Morgan fingerprint density at radius 1 is 1.03 bits per heavy atom. The van der Waals surface area contributed by atoms with Gasteiger partial charge in [0.15, 0.2) is 0 Å². The summed E-state index contributed by atoms with van der Waals surface area (Å²) in [4.78, 5) is 13.6. The lowest BCUT2D eigenvalue weighted by Gasteiger charge is -2.14. The fourth-order valence-electron chi connectivity index (χ4n) is 3.52. The molecule has 6 heteroatoms. The van der Waals surface area contributed by atoms with E-state index >= 15 is 0 Å². The SMILES string of the molecule is O=C(CCCc1nnc(-c2ccccc2)o1)Nc1ccccc1SC1CCCC1. The molecule has 0 spiro atoms. The highest BCUT2D eigenvalue weighted by molar-refractivity contribution is 8.00. The van der Waals surface area contributed by atoms with Crippen LogP contribution in [0.3, 0.4) is 0 Å². The minimum Gasteiger partial charge on any atom is -0.421 e. The zero-order valence-corrected chi connectivity index (χ0v) is 17.2. The van der Waals surface area contributed by atoms with Crippen molar-refractivity contribution in [2.75, 3.05) is 5.32 Å². The number of carbonyl (C=O) groups is 1. The Morgan fingerprint density at radius 2 is 1.79 bits per heavy atom. The van der Waals surface area contributed by atoms with Crippen LogP contribution in [0.5, 0.6) is 0 Å². The van der Waals surface area contributed by atoms with Crippen molar-refractivity contribution in [3.8, 4) is 11.5 Å². The van der Waals surface area contributed by atoms with Gasteiger partial charge in [-0.25, -0.2) is 0 Å². The predicted molar refractivity (Wildman–Crippen MR) is 116 cm³/mol. The second-order valence-electron chi connectivity index (χ2n) is 7.29. The molecule has 1 saturated carbocycles. The van der Waals surface area contributed by atoms with E-state index in [1.807, 2.05) is 60.3 Å². The minimum atomic E-state index is 0.0206. The number of thioether (sulfide) groups is 1. The molecule has 1 aliphatic carbocycles. The van der Waals surface area contributed by atoms with Gasteiger partial charge in [-0.05, 0) is 43.5 Å². The first-order chi connectivity index (χ1) is 14.3. The summed E-state index contributed by atoms with van der Waals surface area (Å²) in [6.45, 7) is 0. The minimum absolute atomic E-state index is 0.0206. The lowest BCUT2D eigenvalue weighted by Crippen LogP contribution is -2.12. The van der Waals surface area contributed by atoms with Crippen LogP contribution in [-0.4, -0.2) is 21.4 Å². The standard InChI is InChI=1S/C23H25N3O2S/c27-21(24-19-13-6-7-14-20(19)29-18-11-4-5-12-18)15-8-16-22-25-26-23(28-22)17-9-2-1-3-10-17/h1-3,6-7,9-10,13-14,18H,4-5,8,11-12,15-16H2,(H,24,27). The third kappa shape index (κ3) is 5.48. The van der Waals surface area contributed by atoms with Crippen molar-refractivity contribution in [1.82, 2.24) is 10.2 Å². The van der Waals surface area contributed by atoms with Crippen LogP contribution in [0.15, 0.2) is 63.9 Å². The molecule has 1 fully saturated rings. The van der Waals surface area contributed by atoms with E-state index in [1.165, 1.54) is 25.7 Å². The Morgan fingerprint density at radius 3 is 2.62 bits per heavy atom. The van der Waals surface area contributed by atoms with E-state index in [0.717, 1.165) is 16.1 Å². The van der Waals surface area contributed by atoms with Gasteiger partial charge >= 0.3 is 0 Å². The third-order valence-corrected chi connectivity index (χ3v) is 6.45. The van der Waals surface area contributed by atoms with E-state index in [0.29, 0.717) is 36.3 Å². The molecule has 0 aliphatic heterocycles. The van der Waals surface area contributed by atoms with Gasteiger partial charge in [0.2, 0.25) is 17.7 Å². The first-order valence-corrected chi connectivity index (χ1v) is 11.1. The molecule has 0 unspecified atom stereocenters. The highest BCUT2D eigenvalue weighted by Crippen LogP contribution is 2.38. The summed E-state index contributed by atoms with van der Waals surface area (Å²) in [6, 6.07) is 17.8. The van der Waals surface area contributed by atoms with E-state index in [1.54, 1.807) is 0 Å². The number of hydrogen-bond acceptors (Lipinski definition) is 5. The quantitative estimate of drug-likeness (QED) is 0.516. The van der Waals surface area contributed by atoms with Gasteiger partial charge in [0, 0.05) is 28.6 Å². The Labute approximate surface area is 175 Å². The first-order valence-electron chi connectivity index (χ1n) is 10.2. The van der Waals surface area contributed by atoms with Crippen molar-refractivity contribution < 1.29 is 9.21 Å². The molecule has 0 atom stereocenters. The molecular weight excluding hydrogens is 382 g/mol.